The van der Waals surface area contributed by atoms with Gasteiger partial charge in [-0.05, 0) is 36.6 Å². The van der Waals surface area contributed by atoms with Crippen LogP contribution in [0.25, 0.3) is 0 Å². The molecule has 4 nitrogen and oxygen atoms in total. The van der Waals surface area contributed by atoms with Gasteiger partial charge in [-0.15, -0.1) is 0 Å². The molecule has 1 aliphatic rings. The minimum atomic E-state index is -0.292. The third-order valence-electron chi connectivity index (χ3n) is 4.69. The lowest BCUT2D eigenvalue weighted by Gasteiger charge is -2.20. The van der Waals surface area contributed by atoms with E-state index in [1.165, 1.54) is 12.8 Å². The van der Waals surface area contributed by atoms with Crippen molar-refractivity contribution in [1.29, 1.82) is 0 Å². The third kappa shape index (κ3) is 3.88. The normalized spacial score (nSPS) is 16.0. The molecule has 0 spiro atoms. The SMILES string of the molecule is O=C(CC(c1cccc(O)c1)c1ccccc1O)NC1CCCC1. The molecule has 1 saturated carbocycles. The van der Waals surface area contributed by atoms with E-state index in [0.717, 1.165) is 18.4 Å². The Labute approximate surface area is 142 Å². The quantitative estimate of drug-likeness (QED) is 0.785. The molecule has 3 rings (SSSR count). The number of carbonyl (C=O) groups excluding carboxylic acids is 1. The van der Waals surface area contributed by atoms with Crippen molar-refractivity contribution >= 4 is 5.91 Å². The van der Waals surface area contributed by atoms with E-state index in [1.807, 2.05) is 18.2 Å². The van der Waals surface area contributed by atoms with E-state index in [9.17, 15) is 15.0 Å². The maximum atomic E-state index is 12.5. The van der Waals surface area contributed by atoms with Gasteiger partial charge in [0.15, 0.2) is 0 Å². The third-order valence-corrected chi connectivity index (χ3v) is 4.69. The Bertz CT molecular complexity index is 708. The molecular weight excluding hydrogens is 302 g/mol. The predicted octanol–water partition coefficient (Wildman–Crippen LogP) is 3.68. The van der Waals surface area contributed by atoms with E-state index in [4.69, 9.17) is 0 Å². The van der Waals surface area contributed by atoms with Gasteiger partial charge in [0.1, 0.15) is 11.5 Å². The maximum absolute atomic E-state index is 12.5. The molecule has 0 radical (unpaired) electrons. The Kier molecular flexibility index (Phi) is 5.04. The Morgan fingerprint density at radius 3 is 2.54 bits per heavy atom. The number of hydrogen-bond acceptors (Lipinski definition) is 3. The second kappa shape index (κ2) is 7.39. The van der Waals surface area contributed by atoms with Crippen LogP contribution in [-0.4, -0.2) is 22.2 Å². The fourth-order valence-electron chi connectivity index (χ4n) is 3.47. The zero-order valence-electron chi connectivity index (χ0n) is 13.6. The molecule has 126 valence electrons. The van der Waals surface area contributed by atoms with Gasteiger partial charge in [0.25, 0.3) is 0 Å². The standard InChI is InChI=1S/C20H23NO3/c22-16-9-5-6-14(12-16)18(17-10-3-4-11-19(17)23)13-20(24)21-15-7-1-2-8-15/h3-6,9-12,15,18,22-23H,1-2,7-8,13H2,(H,21,24). The Hall–Kier alpha value is -2.49. The van der Waals surface area contributed by atoms with E-state index in [1.54, 1.807) is 30.3 Å². The number of aromatic hydroxyl groups is 2. The number of para-hydroxylation sites is 1. The summed E-state index contributed by atoms with van der Waals surface area (Å²) in [5, 5.41) is 23.1. The van der Waals surface area contributed by atoms with E-state index < -0.39 is 0 Å². The van der Waals surface area contributed by atoms with E-state index in [2.05, 4.69) is 5.32 Å². The molecule has 0 saturated heterocycles. The van der Waals surface area contributed by atoms with Crippen LogP contribution in [0.15, 0.2) is 48.5 Å². The van der Waals surface area contributed by atoms with Gasteiger partial charge >= 0.3 is 0 Å². The summed E-state index contributed by atoms with van der Waals surface area (Å²) in [5.74, 6) is 0.0156. The minimum Gasteiger partial charge on any atom is -0.508 e. The molecule has 0 bridgehead atoms. The number of carbonyl (C=O) groups is 1. The largest absolute Gasteiger partial charge is 0.508 e. The number of nitrogens with one attached hydrogen (secondary N) is 1. The summed E-state index contributed by atoms with van der Waals surface area (Å²) < 4.78 is 0. The van der Waals surface area contributed by atoms with E-state index >= 15 is 0 Å². The molecule has 1 unspecified atom stereocenters. The smallest absolute Gasteiger partial charge is 0.221 e. The molecule has 1 aliphatic carbocycles. The molecule has 0 aromatic heterocycles. The highest BCUT2D eigenvalue weighted by Crippen LogP contribution is 2.35. The van der Waals surface area contributed by atoms with Gasteiger partial charge in [-0.25, -0.2) is 0 Å². The van der Waals surface area contributed by atoms with Crippen molar-refractivity contribution in [2.75, 3.05) is 0 Å². The number of amides is 1. The lowest BCUT2D eigenvalue weighted by molar-refractivity contribution is -0.122. The first-order chi connectivity index (χ1) is 11.6. The lowest BCUT2D eigenvalue weighted by atomic mass is 9.87. The topological polar surface area (TPSA) is 69.6 Å². The molecular formula is C20H23NO3. The second-order valence-electron chi connectivity index (χ2n) is 6.46. The summed E-state index contributed by atoms with van der Waals surface area (Å²) in [4.78, 5) is 12.5. The average molecular weight is 325 g/mol. The van der Waals surface area contributed by atoms with Gasteiger partial charge in [-0.1, -0.05) is 43.2 Å². The summed E-state index contributed by atoms with van der Waals surface area (Å²) >= 11 is 0. The summed E-state index contributed by atoms with van der Waals surface area (Å²) in [6.45, 7) is 0. The van der Waals surface area contributed by atoms with Gasteiger partial charge in [-0.2, -0.15) is 0 Å². The van der Waals surface area contributed by atoms with Crippen LogP contribution in [0, 0.1) is 0 Å². The van der Waals surface area contributed by atoms with Gasteiger partial charge in [0, 0.05) is 23.9 Å². The molecule has 0 aliphatic heterocycles. The number of phenols is 2. The molecule has 24 heavy (non-hydrogen) atoms. The van der Waals surface area contributed by atoms with Crippen molar-refractivity contribution in [3.8, 4) is 11.5 Å². The molecule has 1 atom stereocenters. The Balaban J connectivity index is 1.84. The summed E-state index contributed by atoms with van der Waals surface area (Å²) in [6, 6.07) is 14.2. The van der Waals surface area contributed by atoms with Crippen molar-refractivity contribution in [1.82, 2.24) is 5.32 Å². The first-order valence-electron chi connectivity index (χ1n) is 8.49. The Morgan fingerprint density at radius 2 is 1.83 bits per heavy atom. The first-order valence-corrected chi connectivity index (χ1v) is 8.49. The van der Waals surface area contributed by atoms with Gasteiger partial charge in [-0.3, -0.25) is 4.79 Å². The van der Waals surface area contributed by atoms with Crippen LogP contribution >= 0.6 is 0 Å². The van der Waals surface area contributed by atoms with Crippen LogP contribution in [0.4, 0.5) is 0 Å². The summed E-state index contributed by atoms with van der Waals surface area (Å²) in [7, 11) is 0. The molecule has 3 N–H and O–H groups in total. The van der Waals surface area contributed by atoms with Gasteiger partial charge in [0.05, 0.1) is 0 Å². The van der Waals surface area contributed by atoms with E-state index in [-0.39, 0.29) is 35.8 Å². The van der Waals surface area contributed by atoms with Crippen molar-refractivity contribution in [3.05, 3.63) is 59.7 Å². The highest BCUT2D eigenvalue weighted by atomic mass is 16.3. The monoisotopic (exact) mass is 325 g/mol. The number of hydrogen-bond donors (Lipinski definition) is 3. The van der Waals surface area contributed by atoms with Crippen LogP contribution in [0.2, 0.25) is 0 Å². The summed E-state index contributed by atoms with van der Waals surface area (Å²) in [6.07, 6.45) is 4.66. The van der Waals surface area contributed by atoms with E-state index in [0.29, 0.717) is 5.56 Å². The maximum Gasteiger partial charge on any atom is 0.221 e. The zero-order valence-corrected chi connectivity index (χ0v) is 13.6. The lowest BCUT2D eigenvalue weighted by Crippen LogP contribution is -2.33. The van der Waals surface area contributed by atoms with Crippen molar-refractivity contribution in [3.63, 3.8) is 0 Å². The van der Waals surface area contributed by atoms with Gasteiger partial charge in [0.2, 0.25) is 5.91 Å². The Morgan fingerprint density at radius 1 is 1.08 bits per heavy atom. The fourth-order valence-corrected chi connectivity index (χ4v) is 3.47. The van der Waals surface area contributed by atoms with Crippen LogP contribution in [0.1, 0.15) is 49.1 Å². The van der Waals surface area contributed by atoms with Crippen molar-refractivity contribution in [2.24, 2.45) is 0 Å². The highest BCUT2D eigenvalue weighted by Gasteiger charge is 2.23. The average Bonchev–Trinajstić information content (AvgIpc) is 3.06. The number of rotatable bonds is 5. The zero-order chi connectivity index (χ0) is 16.9. The minimum absolute atomic E-state index is 0.0153. The van der Waals surface area contributed by atoms with Crippen molar-refractivity contribution in [2.45, 2.75) is 44.1 Å². The van der Waals surface area contributed by atoms with Crippen molar-refractivity contribution < 1.29 is 15.0 Å². The van der Waals surface area contributed by atoms with Crippen LogP contribution < -0.4 is 5.32 Å². The molecule has 1 fully saturated rings. The molecule has 0 heterocycles. The molecule has 1 amide bonds. The van der Waals surface area contributed by atoms with Crippen LogP contribution in [0.3, 0.4) is 0 Å². The predicted molar refractivity (Wildman–Crippen MR) is 93.1 cm³/mol. The molecule has 2 aromatic carbocycles. The summed E-state index contributed by atoms with van der Waals surface area (Å²) in [5.41, 5.74) is 1.52. The van der Waals surface area contributed by atoms with Crippen LogP contribution in [-0.2, 0) is 4.79 Å². The number of benzene rings is 2. The molecule has 4 heteroatoms. The first kappa shape index (κ1) is 16.4. The van der Waals surface area contributed by atoms with Crippen LogP contribution in [0.5, 0.6) is 11.5 Å². The fraction of sp³-hybridized carbons (Fsp3) is 0.350. The number of phenolic OH excluding ortho intramolecular Hbond substituents is 2. The highest BCUT2D eigenvalue weighted by molar-refractivity contribution is 5.78. The van der Waals surface area contributed by atoms with Gasteiger partial charge < -0.3 is 15.5 Å². The second-order valence-corrected chi connectivity index (χ2v) is 6.46. The molecule has 2 aromatic rings.